The normalized spacial score (nSPS) is 16.9. The van der Waals surface area contributed by atoms with Gasteiger partial charge in [0, 0.05) is 11.6 Å². The van der Waals surface area contributed by atoms with Crippen LogP contribution in [0.15, 0.2) is 12.1 Å². The van der Waals surface area contributed by atoms with Crippen LogP contribution in [0.2, 0.25) is 0 Å². The first-order valence-electron chi connectivity index (χ1n) is 8.23. The molecule has 1 fully saturated rings. The van der Waals surface area contributed by atoms with Gasteiger partial charge in [0.25, 0.3) is 0 Å². The molecule has 0 spiro atoms. The second-order valence-electron chi connectivity index (χ2n) is 7.27. The van der Waals surface area contributed by atoms with Gasteiger partial charge in [0.05, 0.1) is 17.3 Å². The number of hydrogen-bond donors (Lipinski definition) is 1. The molecule has 1 aromatic carbocycles. The van der Waals surface area contributed by atoms with Crippen LogP contribution in [0.3, 0.4) is 0 Å². The van der Waals surface area contributed by atoms with Gasteiger partial charge in [0.2, 0.25) is 0 Å². The van der Waals surface area contributed by atoms with Gasteiger partial charge in [-0.25, -0.2) is 4.98 Å². The number of methoxy groups -OCH3 is 1. The highest BCUT2D eigenvalue weighted by Crippen LogP contribution is 2.38. The van der Waals surface area contributed by atoms with Gasteiger partial charge in [-0.2, -0.15) is 0 Å². The molecule has 0 aliphatic heterocycles. The summed E-state index contributed by atoms with van der Waals surface area (Å²) in [4.78, 5) is 4.81. The molecule has 3 rings (SSSR count). The molecule has 0 atom stereocenters. The Hall–Kier alpha value is -1.29. The molecule has 4 heteroatoms. The Bertz CT molecular complexity index is 651. The lowest BCUT2D eigenvalue weighted by Gasteiger charge is -2.22. The van der Waals surface area contributed by atoms with Crippen LogP contribution in [-0.2, 0) is 5.41 Å². The van der Waals surface area contributed by atoms with E-state index in [0.717, 1.165) is 16.4 Å². The van der Waals surface area contributed by atoms with Crippen molar-refractivity contribution >= 4 is 26.7 Å². The second kappa shape index (κ2) is 6.07. The number of nitrogens with zero attached hydrogens (tertiary/aromatic N) is 1. The minimum atomic E-state index is 0.0557. The molecule has 0 bridgehead atoms. The van der Waals surface area contributed by atoms with Crippen molar-refractivity contribution in [2.75, 3.05) is 12.4 Å². The largest absolute Gasteiger partial charge is 0.496 e. The van der Waals surface area contributed by atoms with E-state index in [0.29, 0.717) is 6.04 Å². The number of rotatable bonds is 3. The molecule has 0 unspecified atom stereocenters. The van der Waals surface area contributed by atoms with Crippen molar-refractivity contribution in [1.82, 2.24) is 4.98 Å². The van der Waals surface area contributed by atoms with Crippen molar-refractivity contribution in [1.29, 1.82) is 0 Å². The van der Waals surface area contributed by atoms with Crippen molar-refractivity contribution in [3.63, 3.8) is 0 Å². The molecule has 3 nitrogen and oxygen atoms in total. The number of hydrogen-bond acceptors (Lipinski definition) is 4. The maximum atomic E-state index is 5.60. The van der Waals surface area contributed by atoms with Crippen LogP contribution >= 0.6 is 11.3 Å². The molecular formula is C18H26N2OS. The smallest absolute Gasteiger partial charge is 0.184 e. The van der Waals surface area contributed by atoms with E-state index in [4.69, 9.17) is 9.72 Å². The quantitative estimate of drug-likeness (QED) is 0.828. The number of fused-ring (bicyclic) bond motifs is 1. The molecule has 1 heterocycles. The van der Waals surface area contributed by atoms with Crippen LogP contribution in [0.25, 0.3) is 10.2 Å². The molecule has 0 amide bonds. The average Bonchev–Trinajstić information content (AvgIpc) is 2.87. The second-order valence-corrected chi connectivity index (χ2v) is 8.30. The number of ether oxygens (including phenoxy) is 1. The van der Waals surface area contributed by atoms with Crippen LogP contribution in [0.4, 0.5) is 5.13 Å². The Morgan fingerprint density at radius 2 is 1.91 bits per heavy atom. The lowest BCUT2D eigenvalue weighted by Crippen LogP contribution is -2.21. The minimum absolute atomic E-state index is 0.0557. The van der Waals surface area contributed by atoms with E-state index < -0.39 is 0 Å². The van der Waals surface area contributed by atoms with E-state index >= 15 is 0 Å². The van der Waals surface area contributed by atoms with E-state index in [9.17, 15) is 0 Å². The number of thiazole rings is 1. The Labute approximate surface area is 137 Å². The van der Waals surface area contributed by atoms with Gasteiger partial charge < -0.3 is 10.1 Å². The molecule has 1 aliphatic rings. The summed E-state index contributed by atoms with van der Waals surface area (Å²) in [6, 6.07) is 4.93. The van der Waals surface area contributed by atoms with E-state index in [2.05, 4.69) is 38.2 Å². The maximum absolute atomic E-state index is 5.60. The Balaban J connectivity index is 1.92. The van der Waals surface area contributed by atoms with Crippen LogP contribution in [0.5, 0.6) is 5.75 Å². The summed E-state index contributed by atoms with van der Waals surface area (Å²) < 4.78 is 6.80. The summed E-state index contributed by atoms with van der Waals surface area (Å²) in [5, 5.41) is 4.68. The van der Waals surface area contributed by atoms with Crippen molar-refractivity contribution in [3.05, 3.63) is 17.7 Å². The predicted molar refractivity (Wildman–Crippen MR) is 95.4 cm³/mol. The van der Waals surface area contributed by atoms with Crippen molar-refractivity contribution in [2.45, 2.75) is 64.3 Å². The highest BCUT2D eigenvalue weighted by atomic mass is 32.1. The third-order valence-corrected chi connectivity index (χ3v) is 5.40. The molecule has 1 aliphatic carbocycles. The van der Waals surface area contributed by atoms with E-state index in [1.807, 2.05) is 0 Å². The van der Waals surface area contributed by atoms with Crippen molar-refractivity contribution in [2.24, 2.45) is 0 Å². The molecule has 22 heavy (non-hydrogen) atoms. The molecule has 0 saturated heterocycles. The van der Waals surface area contributed by atoms with E-state index in [-0.39, 0.29) is 5.41 Å². The molecule has 1 aromatic heterocycles. The van der Waals surface area contributed by atoms with Crippen LogP contribution in [0.1, 0.15) is 58.4 Å². The van der Waals surface area contributed by atoms with Crippen molar-refractivity contribution in [3.8, 4) is 5.75 Å². The van der Waals surface area contributed by atoms with Gasteiger partial charge in [0.15, 0.2) is 5.13 Å². The Morgan fingerprint density at radius 1 is 1.18 bits per heavy atom. The molecule has 0 radical (unpaired) electrons. The molecule has 1 N–H and O–H groups in total. The van der Waals surface area contributed by atoms with Gasteiger partial charge in [-0.15, -0.1) is 0 Å². The third kappa shape index (κ3) is 3.22. The fraction of sp³-hybridized carbons (Fsp3) is 0.611. The first kappa shape index (κ1) is 15.6. The molecular weight excluding hydrogens is 292 g/mol. The van der Waals surface area contributed by atoms with Gasteiger partial charge in [0.1, 0.15) is 5.75 Å². The highest BCUT2D eigenvalue weighted by molar-refractivity contribution is 7.22. The number of benzene rings is 1. The van der Waals surface area contributed by atoms with Crippen LogP contribution in [0, 0.1) is 0 Å². The zero-order valence-corrected chi connectivity index (χ0v) is 14.8. The van der Waals surface area contributed by atoms with Gasteiger partial charge in [-0.3, -0.25) is 0 Å². The SMILES string of the molecule is COc1cc2sc(NC3CCCCC3)nc2cc1C(C)(C)C. The summed E-state index contributed by atoms with van der Waals surface area (Å²) in [5.74, 6) is 0.966. The molecule has 1 saturated carbocycles. The van der Waals surface area contributed by atoms with Crippen LogP contribution in [-0.4, -0.2) is 18.1 Å². The van der Waals surface area contributed by atoms with Crippen LogP contribution < -0.4 is 10.1 Å². The predicted octanol–water partition coefficient (Wildman–Crippen LogP) is 5.35. The van der Waals surface area contributed by atoms with Gasteiger partial charge in [-0.1, -0.05) is 51.4 Å². The monoisotopic (exact) mass is 318 g/mol. The lowest BCUT2D eigenvalue weighted by molar-refractivity contribution is 0.398. The topological polar surface area (TPSA) is 34.1 Å². The van der Waals surface area contributed by atoms with E-state index in [1.165, 1.54) is 42.4 Å². The zero-order valence-electron chi connectivity index (χ0n) is 14.0. The van der Waals surface area contributed by atoms with E-state index in [1.54, 1.807) is 18.4 Å². The number of aromatic nitrogens is 1. The van der Waals surface area contributed by atoms with Gasteiger partial charge in [-0.05, 0) is 30.4 Å². The zero-order chi connectivity index (χ0) is 15.7. The number of nitrogens with one attached hydrogen (secondary N) is 1. The van der Waals surface area contributed by atoms with Gasteiger partial charge >= 0.3 is 0 Å². The number of anilines is 1. The maximum Gasteiger partial charge on any atom is 0.184 e. The third-order valence-electron chi connectivity index (χ3n) is 4.45. The fourth-order valence-corrected chi connectivity index (χ4v) is 4.15. The molecule has 2 aromatic rings. The standard InChI is InChI=1S/C18H26N2OS/c1-18(2,3)13-10-14-16(11-15(13)21-4)22-17(20-14)19-12-8-6-5-7-9-12/h10-12H,5-9H2,1-4H3,(H,19,20). The first-order valence-corrected chi connectivity index (χ1v) is 9.04. The average molecular weight is 318 g/mol. The molecule has 120 valence electrons. The summed E-state index contributed by atoms with van der Waals surface area (Å²) >= 11 is 1.74. The van der Waals surface area contributed by atoms with Crippen molar-refractivity contribution < 1.29 is 4.74 Å². The first-order chi connectivity index (χ1) is 10.5. The summed E-state index contributed by atoms with van der Waals surface area (Å²) in [6.45, 7) is 6.64. The fourth-order valence-electron chi connectivity index (χ4n) is 3.19. The lowest BCUT2D eigenvalue weighted by atomic mass is 9.86. The Kier molecular flexibility index (Phi) is 4.31. The summed E-state index contributed by atoms with van der Waals surface area (Å²) in [7, 11) is 1.75. The summed E-state index contributed by atoms with van der Waals surface area (Å²) in [6.07, 6.45) is 6.60. The summed E-state index contributed by atoms with van der Waals surface area (Å²) in [5.41, 5.74) is 2.35. The minimum Gasteiger partial charge on any atom is -0.496 e. The highest BCUT2D eigenvalue weighted by Gasteiger charge is 2.21. The Morgan fingerprint density at radius 3 is 2.55 bits per heavy atom.